The van der Waals surface area contributed by atoms with Crippen molar-refractivity contribution in [2.45, 2.75) is 6.42 Å². The van der Waals surface area contributed by atoms with E-state index in [9.17, 15) is 19.2 Å². The van der Waals surface area contributed by atoms with Crippen LogP contribution >= 0.6 is 0 Å². The highest BCUT2D eigenvalue weighted by molar-refractivity contribution is 5.93. The number of methoxy groups -OCH3 is 1. The van der Waals surface area contributed by atoms with E-state index in [0.29, 0.717) is 22.0 Å². The predicted octanol–water partition coefficient (Wildman–Crippen LogP) is 2.08. The van der Waals surface area contributed by atoms with Gasteiger partial charge >= 0.3 is 11.9 Å². The van der Waals surface area contributed by atoms with Gasteiger partial charge in [-0.1, -0.05) is 18.2 Å². The first-order valence-electron chi connectivity index (χ1n) is 10.5. The van der Waals surface area contributed by atoms with Crippen LogP contribution in [0.25, 0.3) is 16.5 Å². The first-order chi connectivity index (χ1) is 16.8. The summed E-state index contributed by atoms with van der Waals surface area (Å²) in [6.45, 7) is -0.218. The van der Waals surface area contributed by atoms with E-state index in [0.717, 1.165) is 4.68 Å². The van der Waals surface area contributed by atoms with Gasteiger partial charge in [0.1, 0.15) is 11.4 Å². The quantitative estimate of drug-likeness (QED) is 0.424. The third kappa shape index (κ3) is 4.35. The molecule has 10 heteroatoms. The molecule has 176 valence electrons. The van der Waals surface area contributed by atoms with Crippen molar-refractivity contribution in [3.63, 3.8) is 0 Å². The summed E-state index contributed by atoms with van der Waals surface area (Å²) in [5.41, 5.74) is 0.0249. The Labute approximate surface area is 198 Å². The number of fused-ring (bicyclic) bond motifs is 1. The molecule has 0 aliphatic carbocycles. The van der Waals surface area contributed by atoms with Gasteiger partial charge in [0.2, 0.25) is 0 Å². The number of carbonyl (C=O) groups is 2. The molecule has 4 rings (SSSR count). The number of hydrogen-bond acceptors (Lipinski definition) is 7. The lowest BCUT2D eigenvalue weighted by Crippen LogP contribution is -2.25. The molecular weight excluding hydrogens is 452 g/mol. The van der Waals surface area contributed by atoms with Crippen molar-refractivity contribution in [3.8, 4) is 11.8 Å². The zero-order valence-corrected chi connectivity index (χ0v) is 18.9. The maximum atomic E-state index is 13.0. The second-order valence-corrected chi connectivity index (χ2v) is 7.62. The number of aromatic nitrogens is 3. The molecule has 0 saturated carbocycles. The summed E-state index contributed by atoms with van der Waals surface area (Å²) in [4.78, 5) is 50.6. The second-order valence-electron chi connectivity index (χ2n) is 7.62. The predicted molar refractivity (Wildman–Crippen MR) is 126 cm³/mol. The summed E-state index contributed by atoms with van der Waals surface area (Å²) in [6, 6.07) is 16.6. The van der Waals surface area contributed by atoms with Gasteiger partial charge in [0.25, 0.3) is 11.1 Å². The first-order valence-corrected chi connectivity index (χ1v) is 10.5. The van der Waals surface area contributed by atoms with Gasteiger partial charge in [-0.2, -0.15) is 5.26 Å². The van der Waals surface area contributed by atoms with Crippen molar-refractivity contribution in [2.24, 2.45) is 7.05 Å². The highest BCUT2D eigenvalue weighted by atomic mass is 16.5. The van der Waals surface area contributed by atoms with Crippen LogP contribution in [-0.2, 0) is 22.9 Å². The summed E-state index contributed by atoms with van der Waals surface area (Å²) in [5, 5.41) is 12.8. The third-order valence-electron chi connectivity index (χ3n) is 5.57. The zero-order valence-electron chi connectivity index (χ0n) is 18.9. The fourth-order valence-corrected chi connectivity index (χ4v) is 3.71. The van der Waals surface area contributed by atoms with Crippen LogP contribution in [-0.4, -0.2) is 40.0 Å². The summed E-state index contributed by atoms with van der Waals surface area (Å²) in [7, 11) is 2.66. The van der Waals surface area contributed by atoms with E-state index in [1.807, 2.05) is 6.07 Å². The van der Waals surface area contributed by atoms with E-state index >= 15 is 0 Å². The number of hydrogen-bond donors (Lipinski definition) is 1. The standard InChI is InChI=1S/C25H20N4O6/c1-28-20(13-16-5-3-4-6-18(16)22(28)30)24(32)35-12-11-19-21(25(33)34-2)27-29(23(19)31)17-9-7-15(14-26)8-10-17/h3-10,13,27H,11-12H2,1-2H3. The van der Waals surface area contributed by atoms with Crippen molar-refractivity contribution in [1.29, 1.82) is 5.26 Å². The maximum absolute atomic E-state index is 13.0. The lowest BCUT2D eigenvalue weighted by atomic mass is 10.1. The van der Waals surface area contributed by atoms with Crippen molar-refractivity contribution >= 4 is 22.7 Å². The van der Waals surface area contributed by atoms with E-state index in [1.54, 1.807) is 42.5 Å². The van der Waals surface area contributed by atoms with Crippen LogP contribution in [0.5, 0.6) is 0 Å². The molecule has 4 aromatic rings. The van der Waals surface area contributed by atoms with Crippen molar-refractivity contribution in [2.75, 3.05) is 13.7 Å². The number of pyridine rings is 1. The van der Waals surface area contributed by atoms with Gasteiger partial charge in [0.05, 0.1) is 36.6 Å². The summed E-state index contributed by atoms with van der Waals surface area (Å²) in [6.07, 6.45) is -0.0731. The molecule has 0 amide bonds. The number of benzene rings is 2. The molecule has 0 atom stereocenters. The van der Waals surface area contributed by atoms with E-state index in [4.69, 9.17) is 14.7 Å². The van der Waals surface area contributed by atoms with Gasteiger partial charge in [0, 0.05) is 18.9 Å². The normalized spacial score (nSPS) is 10.7. The fraction of sp³-hybridized carbons (Fsp3) is 0.160. The number of rotatable bonds is 6. The Balaban J connectivity index is 1.59. The van der Waals surface area contributed by atoms with Crippen molar-refractivity contribution in [1.82, 2.24) is 14.3 Å². The van der Waals surface area contributed by atoms with E-state index < -0.39 is 17.5 Å². The van der Waals surface area contributed by atoms with Gasteiger partial charge in [0.15, 0.2) is 0 Å². The van der Waals surface area contributed by atoms with Crippen LogP contribution in [0.4, 0.5) is 0 Å². The van der Waals surface area contributed by atoms with Crippen LogP contribution < -0.4 is 11.1 Å². The number of ether oxygens (including phenoxy) is 2. The number of aromatic amines is 1. The molecule has 0 saturated heterocycles. The average molecular weight is 472 g/mol. The topological polar surface area (TPSA) is 136 Å². The minimum Gasteiger partial charge on any atom is -0.464 e. The third-order valence-corrected chi connectivity index (χ3v) is 5.57. The number of nitriles is 1. The van der Waals surface area contributed by atoms with Gasteiger partial charge < -0.3 is 14.0 Å². The Morgan fingerprint density at radius 3 is 2.43 bits per heavy atom. The molecule has 0 aliphatic rings. The largest absolute Gasteiger partial charge is 0.464 e. The molecule has 35 heavy (non-hydrogen) atoms. The Kier molecular flexibility index (Phi) is 6.33. The molecule has 0 fully saturated rings. The minimum atomic E-state index is -0.757. The fourth-order valence-electron chi connectivity index (χ4n) is 3.71. The number of esters is 2. The SMILES string of the molecule is COC(=O)c1[nH]n(-c2ccc(C#N)cc2)c(=O)c1CCOC(=O)c1cc2ccccc2c(=O)n1C. The molecule has 0 aliphatic heterocycles. The molecule has 2 aromatic heterocycles. The average Bonchev–Trinajstić information content (AvgIpc) is 3.21. The van der Waals surface area contributed by atoms with Crippen molar-refractivity contribution < 1.29 is 19.1 Å². The molecule has 1 N–H and O–H groups in total. The number of carbonyl (C=O) groups excluding carboxylic acids is 2. The van der Waals surface area contributed by atoms with Crippen LogP contribution in [0.1, 0.15) is 32.1 Å². The smallest absolute Gasteiger partial charge is 0.356 e. The lowest BCUT2D eigenvalue weighted by molar-refractivity contribution is 0.0496. The lowest BCUT2D eigenvalue weighted by Gasteiger charge is -2.10. The maximum Gasteiger partial charge on any atom is 0.356 e. The van der Waals surface area contributed by atoms with Gasteiger partial charge in [-0.05, 0) is 41.8 Å². The van der Waals surface area contributed by atoms with E-state index in [2.05, 4.69) is 5.10 Å². The molecule has 2 heterocycles. The van der Waals surface area contributed by atoms with E-state index in [-0.39, 0.29) is 35.5 Å². The highest BCUT2D eigenvalue weighted by Crippen LogP contribution is 2.14. The summed E-state index contributed by atoms with van der Waals surface area (Å²) in [5.74, 6) is -1.49. The van der Waals surface area contributed by atoms with Gasteiger partial charge in [-0.15, -0.1) is 0 Å². The second kappa shape index (κ2) is 9.52. The number of nitrogens with one attached hydrogen (secondary N) is 1. The first kappa shape index (κ1) is 23.3. The summed E-state index contributed by atoms with van der Waals surface area (Å²) < 4.78 is 12.5. The Morgan fingerprint density at radius 2 is 1.74 bits per heavy atom. The highest BCUT2D eigenvalue weighted by Gasteiger charge is 2.22. The number of H-pyrrole nitrogens is 1. The monoisotopic (exact) mass is 472 g/mol. The van der Waals surface area contributed by atoms with Gasteiger partial charge in [-0.3, -0.25) is 14.7 Å². The van der Waals surface area contributed by atoms with Gasteiger partial charge in [-0.25, -0.2) is 14.3 Å². The summed E-state index contributed by atoms with van der Waals surface area (Å²) >= 11 is 0. The zero-order chi connectivity index (χ0) is 25.1. The minimum absolute atomic E-state index is 0.0611. The molecule has 0 radical (unpaired) electrons. The molecule has 0 spiro atoms. The van der Waals surface area contributed by atoms with Crippen molar-refractivity contribution in [3.05, 3.63) is 97.8 Å². The molecule has 0 unspecified atom stereocenters. The molecular formula is C25H20N4O6. The Morgan fingerprint density at radius 1 is 1.03 bits per heavy atom. The van der Waals surface area contributed by atoms with Crippen LogP contribution in [0.15, 0.2) is 64.2 Å². The van der Waals surface area contributed by atoms with Crippen LogP contribution in [0.2, 0.25) is 0 Å². The molecule has 0 bridgehead atoms. The Hall–Kier alpha value is -4.91. The van der Waals surface area contributed by atoms with E-state index in [1.165, 1.54) is 30.9 Å². The molecule has 10 nitrogen and oxygen atoms in total. The van der Waals surface area contributed by atoms with Crippen LogP contribution in [0.3, 0.4) is 0 Å². The molecule has 2 aromatic carbocycles. The Bertz CT molecular complexity index is 1600. The number of nitrogens with zero attached hydrogens (tertiary/aromatic N) is 3. The van der Waals surface area contributed by atoms with Crippen LogP contribution in [0, 0.1) is 11.3 Å².